The third-order valence-electron chi connectivity index (χ3n) is 3.82. The van der Waals surface area contributed by atoms with Crippen LogP contribution in [0.15, 0.2) is 48.7 Å². The Hall–Kier alpha value is -2.36. The van der Waals surface area contributed by atoms with Gasteiger partial charge in [-0.1, -0.05) is 30.3 Å². The molecule has 1 saturated carbocycles. The maximum absolute atomic E-state index is 12.1. The fourth-order valence-electron chi connectivity index (χ4n) is 2.47. The first-order chi connectivity index (χ1) is 10.7. The minimum absolute atomic E-state index is 0.0147. The van der Waals surface area contributed by atoms with E-state index in [-0.39, 0.29) is 18.6 Å². The number of hydrogen-bond donors (Lipinski definition) is 1. The first-order valence-electron chi connectivity index (χ1n) is 7.62. The number of nitrogens with one attached hydrogen (secondary N) is 1. The van der Waals surface area contributed by atoms with Crippen molar-refractivity contribution >= 4 is 5.91 Å². The van der Waals surface area contributed by atoms with Crippen LogP contribution < -0.4 is 10.1 Å². The van der Waals surface area contributed by atoms with Crippen molar-refractivity contribution < 1.29 is 9.53 Å². The molecule has 1 amide bonds. The van der Waals surface area contributed by atoms with Gasteiger partial charge >= 0.3 is 0 Å². The Balaban J connectivity index is 1.56. The summed E-state index contributed by atoms with van der Waals surface area (Å²) in [6, 6.07) is 13.9. The first-order valence-corrected chi connectivity index (χ1v) is 7.62. The predicted octanol–water partition coefficient (Wildman–Crippen LogP) is 3.04. The second-order valence-electron chi connectivity index (χ2n) is 5.72. The summed E-state index contributed by atoms with van der Waals surface area (Å²) in [6.45, 7) is 1.93. The van der Waals surface area contributed by atoms with E-state index in [1.165, 1.54) is 12.8 Å². The summed E-state index contributed by atoms with van der Waals surface area (Å²) in [5, 5.41) is 3.09. The van der Waals surface area contributed by atoms with Gasteiger partial charge in [0.2, 0.25) is 0 Å². The molecule has 3 rings (SSSR count). The summed E-state index contributed by atoms with van der Waals surface area (Å²) in [5.41, 5.74) is 2.09. The Bertz CT molecular complexity index is 621. The largest absolute Gasteiger partial charge is 0.482 e. The number of aryl methyl sites for hydroxylation is 1. The highest BCUT2D eigenvalue weighted by molar-refractivity contribution is 5.78. The van der Waals surface area contributed by atoms with Crippen molar-refractivity contribution in [2.24, 2.45) is 5.92 Å². The molecule has 1 atom stereocenters. The third-order valence-corrected chi connectivity index (χ3v) is 3.82. The van der Waals surface area contributed by atoms with Crippen molar-refractivity contribution in [2.45, 2.75) is 25.8 Å². The minimum atomic E-state index is -0.0960. The lowest BCUT2D eigenvalue weighted by molar-refractivity contribution is -0.124. The summed E-state index contributed by atoms with van der Waals surface area (Å²) in [6.07, 6.45) is 3.98. The Morgan fingerprint density at radius 2 is 2.05 bits per heavy atom. The van der Waals surface area contributed by atoms with Gasteiger partial charge in [-0.05, 0) is 43.4 Å². The molecule has 1 N–H and O–H groups in total. The molecule has 1 aromatic heterocycles. The number of aromatic nitrogens is 1. The highest BCUT2D eigenvalue weighted by Gasteiger charge is 2.33. The monoisotopic (exact) mass is 296 g/mol. The number of benzene rings is 1. The van der Waals surface area contributed by atoms with Crippen molar-refractivity contribution in [2.75, 3.05) is 6.61 Å². The van der Waals surface area contributed by atoms with E-state index in [0.717, 1.165) is 11.3 Å². The molecule has 1 aliphatic rings. The smallest absolute Gasteiger partial charge is 0.258 e. The van der Waals surface area contributed by atoms with Gasteiger partial charge < -0.3 is 10.1 Å². The normalized spacial score (nSPS) is 15.1. The van der Waals surface area contributed by atoms with Gasteiger partial charge in [-0.2, -0.15) is 0 Å². The van der Waals surface area contributed by atoms with Gasteiger partial charge in [0, 0.05) is 5.69 Å². The van der Waals surface area contributed by atoms with Gasteiger partial charge in [0.05, 0.1) is 12.2 Å². The zero-order valence-corrected chi connectivity index (χ0v) is 12.7. The molecule has 0 saturated heterocycles. The van der Waals surface area contributed by atoms with Gasteiger partial charge in [-0.25, -0.2) is 0 Å². The number of carbonyl (C=O) groups is 1. The van der Waals surface area contributed by atoms with Crippen LogP contribution in [0, 0.1) is 12.8 Å². The summed E-state index contributed by atoms with van der Waals surface area (Å²) >= 11 is 0. The topological polar surface area (TPSA) is 51.2 Å². The van der Waals surface area contributed by atoms with Crippen LogP contribution in [0.2, 0.25) is 0 Å². The molecule has 1 fully saturated rings. The van der Waals surface area contributed by atoms with Gasteiger partial charge in [0.1, 0.15) is 5.75 Å². The second kappa shape index (κ2) is 6.60. The van der Waals surface area contributed by atoms with E-state index >= 15 is 0 Å². The van der Waals surface area contributed by atoms with E-state index in [2.05, 4.69) is 22.4 Å². The lowest BCUT2D eigenvalue weighted by atomic mass is 10.0. The SMILES string of the molecule is Cc1ccc(OCC(=O)N[C@@H](c2ccccc2)C2CC2)cn1. The van der Waals surface area contributed by atoms with Gasteiger partial charge in [0.15, 0.2) is 6.61 Å². The molecule has 1 heterocycles. The van der Waals surface area contributed by atoms with Crippen LogP contribution in [-0.2, 0) is 4.79 Å². The maximum Gasteiger partial charge on any atom is 0.258 e. The number of carbonyl (C=O) groups excluding carboxylic acids is 1. The minimum Gasteiger partial charge on any atom is -0.482 e. The molecule has 1 aliphatic carbocycles. The molecule has 0 radical (unpaired) electrons. The fraction of sp³-hybridized carbons (Fsp3) is 0.333. The molecule has 0 spiro atoms. The van der Waals surface area contributed by atoms with Gasteiger partial charge in [-0.3, -0.25) is 9.78 Å². The number of rotatable bonds is 6. The lowest BCUT2D eigenvalue weighted by Gasteiger charge is -2.19. The van der Waals surface area contributed by atoms with Crippen molar-refractivity contribution in [3.63, 3.8) is 0 Å². The van der Waals surface area contributed by atoms with Crippen molar-refractivity contribution in [1.82, 2.24) is 10.3 Å². The zero-order chi connectivity index (χ0) is 15.4. The predicted molar refractivity (Wildman–Crippen MR) is 84.5 cm³/mol. The Morgan fingerprint density at radius 1 is 1.27 bits per heavy atom. The average Bonchev–Trinajstić information content (AvgIpc) is 3.38. The van der Waals surface area contributed by atoms with E-state index < -0.39 is 0 Å². The third kappa shape index (κ3) is 3.85. The molecule has 0 aliphatic heterocycles. The number of pyridine rings is 1. The number of nitrogens with zero attached hydrogens (tertiary/aromatic N) is 1. The van der Waals surface area contributed by atoms with Crippen LogP contribution >= 0.6 is 0 Å². The number of hydrogen-bond acceptors (Lipinski definition) is 3. The van der Waals surface area contributed by atoms with E-state index in [1.54, 1.807) is 6.20 Å². The van der Waals surface area contributed by atoms with Crippen LogP contribution in [0.5, 0.6) is 5.75 Å². The molecular formula is C18H20N2O2. The highest BCUT2D eigenvalue weighted by Crippen LogP contribution is 2.40. The van der Waals surface area contributed by atoms with E-state index in [0.29, 0.717) is 11.7 Å². The summed E-state index contributed by atoms with van der Waals surface area (Å²) < 4.78 is 5.49. The standard InChI is InChI=1S/C18H20N2O2/c1-13-7-10-16(11-19-13)22-12-17(21)20-18(15-8-9-15)14-5-3-2-4-6-14/h2-7,10-11,15,18H,8-9,12H2,1H3,(H,20,21)/t18-/m0/s1. The molecule has 0 unspecified atom stereocenters. The molecule has 2 aromatic rings. The highest BCUT2D eigenvalue weighted by atomic mass is 16.5. The van der Waals surface area contributed by atoms with Crippen molar-refractivity contribution in [1.29, 1.82) is 0 Å². The van der Waals surface area contributed by atoms with Crippen LogP contribution in [-0.4, -0.2) is 17.5 Å². The van der Waals surface area contributed by atoms with Crippen LogP contribution in [0.4, 0.5) is 0 Å². The van der Waals surface area contributed by atoms with Crippen molar-refractivity contribution in [3.05, 3.63) is 59.9 Å². The molecular weight excluding hydrogens is 276 g/mol. The fourth-order valence-corrected chi connectivity index (χ4v) is 2.47. The van der Waals surface area contributed by atoms with Crippen molar-refractivity contribution in [3.8, 4) is 5.75 Å². The number of amides is 1. The molecule has 4 heteroatoms. The summed E-state index contributed by atoms with van der Waals surface area (Å²) in [4.78, 5) is 16.3. The van der Waals surface area contributed by atoms with Crippen LogP contribution in [0.3, 0.4) is 0 Å². The average molecular weight is 296 g/mol. The Kier molecular flexibility index (Phi) is 4.37. The molecule has 1 aromatic carbocycles. The van der Waals surface area contributed by atoms with E-state index in [1.807, 2.05) is 37.3 Å². The van der Waals surface area contributed by atoms with Crippen LogP contribution in [0.1, 0.15) is 30.1 Å². The zero-order valence-electron chi connectivity index (χ0n) is 12.7. The van der Waals surface area contributed by atoms with Crippen LogP contribution in [0.25, 0.3) is 0 Å². The Morgan fingerprint density at radius 3 is 2.68 bits per heavy atom. The summed E-state index contributed by atoms with van der Waals surface area (Å²) in [5.74, 6) is 1.07. The quantitative estimate of drug-likeness (QED) is 0.891. The molecule has 4 nitrogen and oxygen atoms in total. The molecule has 0 bridgehead atoms. The molecule has 22 heavy (non-hydrogen) atoms. The van der Waals surface area contributed by atoms with Gasteiger partial charge in [-0.15, -0.1) is 0 Å². The molecule has 114 valence electrons. The number of ether oxygens (including phenoxy) is 1. The second-order valence-corrected chi connectivity index (χ2v) is 5.72. The van der Waals surface area contributed by atoms with Gasteiger partial charge in [0.25, 0.3) is 5.91 Å². The van der Waals surface area contributed by atoms with E-state index in [4.69, 9.17) is 4.74 Å². The summed E-state index contributed by atoms with van der Waals surface area (Å²) in [7, 11) is 0. The Labute approximate surface area is 130 Å². The van der Waals surface area contributed by atoms with E-state index in [9.17, 15) is 4.79 Å². The lowest BCUT2D eigenvalue weighted by Crippen LogP contribution is -2.33. The first kappa shape index (κ1) is 14.6. The maximum atomic E-state index is 12.1.